The van der Waals surface area contributed by atoms with Crippen LogP contribution in [0.15, 0.2) is 30.3 Å². The van der Waals surface area contributed by atoms with E-state index in [1.165, 1.54) is 19.3 Å². The van der Waals surface area contributed by atoms with Gasteiger partial charge in [-0.05, 0) is 74.5 Å². The molecule has 1 N–H and O–H groups in total. The minimum Gasteiger partial charge on any atom is -0.507 e. The van der Waals surface area contributed by atoms with Crippen molar-refractivity contribution in [2.24, 2.45) is 23.2 Å². The third-order valence-electron chi connectivity index (χ3n) is 5.91. The van der Waals surface area contributed by atoms with Gasteiger partial charge in [0, 0.05) is 11.0 Å². The third-order valence-corrected chi connectivity index (χ3v) is 5.91. The fourth-order valence-corrected chi connectivity index (χ4v) is 5.38. The minimum atomic E-state index is -0.0738. The van der Waals surface area contributed by atoms with E-state index >= 15 is 0 Å². The number of phenolic OH excluding ortho intramolecular Hbond substituents is 1. The van der Waals surface area contributed by atoms with E-state index in [-0.39, 0.29) is 11.2 Å². The fraction of sp³-hybridized carbons (Fsp3) is 0.526. The highest BCUT2D eigenvalue weighted by Crippen LogP contribution is 2.60. The largest absolute Gasteiger partial charge is 0.507 e. The van der Waals surface area contributed by atoms with Crippen molar-refractivity contribution < 1.29 is 9.90 Å². The van der Waals surface area contributed by atoms with Gasteiger partial charge in [-0.15, -0.1) is 0 Å². The van der Waals surface area contributed by atoms with E-state index in [4.69, 9.17) is 0 Å². The number of hydrogen-bond acceptors (Lipinski definition) is 2. The Morgan fingerprint density at radius 1 is 1.05 bits per heavy atom. The maximum atomic E-state index is 12.8. The molecule has 4 saturated carbocycles. The number of carbonyl (C=O) groups is 1. The maximum absolute atomic E-state index is 12.8. The zero-order valence-corrected chi connectivity index (χ0v) is 12.3. The summed E-state index contributed by atoms with van der Waals surface area (Å²) in [5.74, 6) is 2.91. The van der Waals surface area contributed by atoms with Crippen LogP contribution in [0.4, 0.5) is 0 Å². The van der Waals surface area contributed by atoms with Crippen molar-refractivity contribution in [3.05, 3.63) is 35.9 Å². The maximum Gasteiger partial charge on any atom is 0.161 e. The molecule has 0 aromatic heterocycles. The molecule has 2 heteroatoms. The minimum absolute atomic E-state index is 0.0738. The van der Waals surface area contributed by atoms with E-state index in [2.05, 4.69) is 0 Å². The SMILES string of the molecule is O=C(C=Cc1ccccc1O)C12CC3CC(CC(C3)C1)C2. The summed E-state index contributed by atoms with van der Waals surface area (Å²) in [5, 5.41) is 9.79. The number of carbonyl (C=O) groups excluding carboxylic acids is 1. The van der Waals surface area contributed by atoms with Gasteiger partial charge < -0.3 is 5.11 Å². The smallest absolute Gasteiger partial charge is 0.161 e. The first-order valence-corrected chi connectivity index (χ1v) is 8.15. The van der Waals surface area contributed by atoms with Gasteiger partial charge in [0.05, 0.1) is 0 Å². The molecule has 0 aliphatic heterocycles. The van der Waals surface area contributed by atoms with Gasteiger partial charge in [-0.3, -0.25) is 4.79 Å². The van der Waals surface area contributed by atoms with E-state index in [0.717, 1.165) is 42.6 Å². The number of rotatable bonds is 3. The van der Waals surface area contributed by atoms with Gasteiger partial charge >= 0.3 is 0 Å². The van der Waals surface area contributed by atoms with Gasteiger partial charge in [0.2, 0.25) is 0 Å². The lowest BCUT2D eigenvalue weighted by Crippen LogP contribution is -2.49. The number of aromatic hydroxyl groups is 1. The predicted molar refractivity (Wildman–Crippen MR) is 82.8 cm³/mol. The molecule has 21 heavy (non-hydrogen) atoms. The number of hydrogen-bond donors (Lipinski definition) is 1. The standard InChI is InChI=1S/C19H22O2/c20-17-4-2-1-3-16(17)5-6-18(21)19-10-13-7-14(11-19)9-15(8-13)12-19/h1-6,13-15,20H,7-12H2. The van der Waals surface area contributed by atoms with Crippen LogP contribution in [0.3, 0.4) is 0 Å². The molecule has 0 saturated heterocycles. The second kappa shape index (κ2) is 4.72. The number of phenols is 1. The van der Waals surface area contributed by atoms with E-state index in [0.29, 0.717) is 5.78 Å². The highest BCUT2D eigenvalue weighted by atomic mass is 16.3. The molecule has 0 spiro atoms. The molecular formula is C19H22O2. The highest BCUT2D eigenvalue weighted by molar-refractivity contribution is 5.98. The molecule has 5 rings (SSSR count). The molecule has 1 aromatic rings. The van der Waals surface area contributed by atoms with Crippen molar-refractivity contribution in [2.75, 3.05) is 0 Å². The Morgan fingerprint density at radius 2 is 1.62 bits per heavy atom. The van der Waals surface area contributed by atoms with Gasteiger partial charge in [-0.25, -0.2) is 0 Å². The number of para-hydroxylation sites is 1. The molecule has 1 aromatic carbocycles. The molecule has 0 amide bonds. The molecule has 110 valence electrons. The first kappa shape index (κ1) is 13.1. The lowest BCUT2D eigenvalue weighted by Gasteiger charge is -2.55. The van der Waals surface area contributed by atoms with Crippen LogP contribution in [0.25, 0.3) is 6.08 Å². The van der Waals surface area contributed by atoms with Crippen molar-refractivity contribution in [3.63, 3.8) is 0 Å². The first-order chi connectivity index (χ1) is 10.1. The molecule has 0 heterocycles. The zero-order chi connectivity index (χ0) is 14.4. The molecule has 4 bridgehead atoms. The van der Waals surface area contributed by atoms with Crippen molar-refractivity contribution in [3.8, 4) is 5.75 Å². The number of benzene rings is 1. The molecule has 0 radical (unpaired) electrons. The highest BCUT2D eigenvalue weighted by Gasteiger charge is 2.53. The summed E-state index contributed by atoms with van der Waals surface area (Å²) >= 11 is 0. The van der Waals surface area contributed by atoms with Crippen molar-refractivity contribution in [1.29, 1.82) is 0 Å². The summed E-state index contributed by atoms with van der Waals surface area (Å²) in [6.45, 7) is 0. The Kier molecular flexibility index (Phi) is 2.95. The molecular weight excluding hydrogens is 260 g/mol. The molecule has 0 unspecified atom stereocenters. The van der Waals surface area contributed by atoms with E-state index in [9.17, 15) is 9.90 Å². The van der Waals surface area contributed by atoms with Crippen LogP contribution >= 0.6 is 0 Å². The summed E-state index contributed by atoms with van der Waals surface area (Å²) in [5.41, 5.74) is 0.658. The Labute approximate surface area is 125 Å². The van der Waals surface area contributed by atoms with Gasteiger partial charge in [-0.2, -0.15) is 0 Å². The van der Waals surface area contributed by atoms with Crippen molar-refractivity contribution >= 4 is 11.9 Å². The van der Waals surface area contributed by atoms with Crippen LogP contribution in [-0.2, 0) is 4.79 Å². The summed E-state index contributed by atoms with van der Waals surface area (Å²) in [7, 11) is 0. The van der Waals surface area contributed by atoms with Crippen LogP contribution in [0.1, 0.15) is 44.1 Å². The van der Waals surface area contributed by atoms with Crippen LogP contribution < -0.4 is 0 Å². The Balaban J connectivity index is 1.56. The average Bonchev–Trinajstić information content (AvgIpc) is 2.44. The van der Waals surface area contributed by atoms with Gasteiger partial charge in [-0.1, -0.05) is 18.2 Å². The predicted octanol–water partition coefficient (Wildman–Crippen LogP) is 4.19. The van der Waals surface area contributed by atoms with Gasteiger partial charge in [0.25, 0.3) is 0 Å². The van der Waals surface area contributed by atoms with Crippen molar-refractivity contribution in [2.45, 2.75) is 38.5 Å². The van der Waals surface area contributed by atoms with Gasteiger partial charge in [0.1, 0.15) is 5.75 Å². The fourth-order valence-electron chi connectivity index (χ4n) is 5.38. The quantitative estimate of drug-likeness (QED) is 0.844. The molecule has 4 fully saturated rings. The average molecular weight is 282 g/mol. The Bertz CT molecular complexity index is 564. The first-order valence-electron chi connectivity index (χ1n) is 8.15. The Morgan fingerprint density at radius 3 is 2.19 bits per heavy atom. The summed E-state index contributed by atoms with van der Waals surface area (Å²) in [4.78, 5) is 12.8. The van der Waals surface area contributed by atoms with Gasteiger partial charge in [0.15, 0.2) is 5.78 Å². The second-order valence-corrected chi connectivity index (χ2v) is 7.45. The van der Waals surface area contributed by atoms with E-state index < -0.39 is 0 Å². The molecule has 2 nitrogen and oxygen atoms in total. The van der Waals surface area contributed by atoms with E-state index in [1.54, 1.807) is 24.3 Å². The topological polar surface area (TPSA) is 37.3 Å². The number of ketones is 1. The lowest BCUT2D eigenvalue weighted by atomic mass is 9.48. The van der Waals surface area contributed by atoms with Crippen molar-refractivity contribution in [1.82, 2.24) is 0 Å². The molecule has 0 atom stereocenters. The lowest BCUT2D eigenvalue weighted by molar-refractivity contribution is -0.138. The normalized spacial score (nSPS) is 37.2. The molecule has 4 aliphatic carbocycles. The zero-order valence-electron chi connectivity index (χ0n) is 12.3. The van der Waals surface area contributed by atoms with Crippen LogP contribution in [0.2, 0.25) is 0 Å². The number of allylic oxidation sites excluding steroid dienone is 1. The summed E-state index contributed by atoms with van der Waals surface area (Å²) in [6.07, 6.45) is 10.9. The Hall–Kier alpha value is -1.57. The van der Waals surface area contributed by atoms with Crippen LogP contribution in [0, 0.1) is 23.2 Å². The second-order valence-electron chi connectivity index (χ2n) is 7.45. The summed E-state index contributed by atoms with van der Waals surface area (Å²) < 4.78 is 0. The summed E-state index contributed by atoms with van der Waals surface area (Å²) in [6, 6.07) is 7.19. The third kappa shape index (κ3) is 2.21. The molecule has 4 aliphatic rings. The monoisotopic (exact) mass is 282 g/mol. The van der Waals surface area contributed by atoms with E-state index in [1.807, 2.05) is 12.1 Å². The van der Waals surface area contributed by atoms with Crippen LogP contribution in [0.5, 0.6) is 5.75 Å². The van der Waals surface area contributed by atoms with Crippen LogP contribution in [-0.4, -0.2) is 10.9 Å².